The number of carbonyl (C=O) groups excluding carboxylic acids is 2. The van der Waals surface area contributed by atoms with E-state index in [9.17, 15) is 9.59 Å². The molecule has 1 fully saturated rings. The number of nitrogens with one attached hydrogen (secondary N) is 1. The number of ketones is 1. The lowest BCUT2D eigenvalue weighted by Crippen LogP contribution is -2.44. The molecular formula is C11H20N2O2. The average molecular weight is 212 g/mol. The molecule has 0 spiro atoms. The highest BCUT2D eigenvalue weighted by atomic mass is 16.2. The summed E-state index contributed by atoms with van der Waals surface area (Å²) in [7, 11) is 1.63. The molecule has 1 heterocycles. The van der Waals surface area contributed by atoms with E-state index in [0.717, 1.165) is 12.8 Å². The number of Topliss-reactive ketones (excluding diaryl/α,β-unsaturated/α-hetero) is 1. The third kappa shape index (κ3) is 2.94. The molecule has 86 valence electrons. The number of urea groups is 1. The van der Waals surface area contributed by atoms with Gasteiger partial charge in [0, 0.05) is 32.0 Å². The van der Waals surface area contributed by atoms with Gasteiger partial charge in [0.15, 0.2) is 0 Å². The lowest BCUT2D eigenvalue weighted by molar-refractivity contribution is -0.127. The molecule has 0 aromatic carbocycles. The lowest BCUT2D eigenvalue weighted by atomic mass is 9.87. The van der Waals surface area contributed by atoms with E-state index in [0.29, 0.717) is 18.9 Å². The van der Waals surface area contributed by atoms with Crippen LogP contribution in [0.25, 0.3) is 0 Å². The van der Waals surface area contributed by atoms with E-state index in [1.165, 1.54) is 0 Å². The molecule has 2 amide bonds. The summed E-state index contributed by atoms with van der Waals surface area (Å²) < 4.78 is 0. The van der Waals surface area contributed by atoms with E-state index in [2.05, 4.69) is 5.32 Å². The Balaban J connectivity index is 2.42. The van der Waals surface area contributed by atoms with Crippen molar-refractivity contribution < 1.29 is 9.59 Å². The number of hydrogen-bond acceptors (Lipinski definition) is 2. The first-order chi connectivity index (χ1) is 7.06. The summed E-state index contributed by atoms with van der Waals surface area (Å²) in [4.78, 5) is 24.8. The van der Waals surface area contributed by atoms with Crippen LogP contribution in [0, 0.1) is 11.8 Å². The second-order valence-corrected chi connectivity index (χ2v) is 4.37. The minimum absolute atomic E-state index is 0.0366. The number of amides is 2. The minimum Gasteiger partial charge on any atom is -0.341 e. The highest BCUT2D eigenvalue weighted by Crippen LogP contribution is 2.21. The van der Waals surface area contributed by atoms with E-state index < -0.39 is 0 Å². The standard InChI is InChI=1S/C11H20N2O2/c1-8(2)10(14)9-4-6-13(7-5-9)11(15)12-3/h8-9H,4-7H2,1-3H3,(H,12,15). The van der Waals surface area contributed by atoms with E-state index in [-0.39, 0.29) is 17.9 Å². The summed E-state index contributed by atoms with van der Waals surface area (Å²) in [5.74, 6) is 0.610. The van der Waals surface area contributed by atoms with Gasteiger partial charge in [0.1, 0.15) is 5.78 Å². The number of carbonyl (C=O) groups is 2. The van der Waals surface area contributed by atoms with E-state index in [1.54, 1.807) is 11.9 Å². The molecule has 0 aliphatic carbocycles. The monoisotopic (exact) mass is 212 g/mol. The molecule has 4 nitrogen and oxygen atoms in total. The predicted octanol–water partition coefficient (Wildman–Crippen LogP) is 1.26. The molecule has 0 radical (unpaired) electrons. The van der Waals surface area contributed by atoms with Crippen molar-refractivity contribution in [2.45, 2.75) is 26.7 Å². The van der Waals surface area contributed by atoms with Crippen LogP contribution in [0.2, 0.25) is 0 Å². The van der Waals surface area contributed by atoms with Gasteiger partial charge in [-0.2, -0.15) is 0 Å². The second kappa shape index (κ2) is 5.14. The Morgan fingerprint density at radius 1 is 1.27 bits per heavy atom. The third-order valence-electron chi connectivity index (χ3n) is 2.97. The highest BCUT2D eigenvalue weighted by Gasteiger charge is 2.27. The van der Waals surface area contributed by atoms with Crippen molar-refractivity contribution >= 4 is 11.8 Å². The fourth-order valence-corrected chi connectivity index (χ4v) is 2.00. The summed E-state index contributed by atoms with van der Waals surface area (Å²) in [6, 6.07) is -0.0366. The molecule has 0 bridgehead atoms. The molecule has 0 unspecified atom stereocenters. The Kier molecular flexibility index (Phi) is 4.12. The van der Waals surface area contributed by atoms with Crippen molar-refractivity contribution in [3.8, 4) is 0 Å². The van der Waals surface area contributed by atoms with Crippen molar-refractivity contribution in [1.82, 2.24) is 10.2 Å². The molecule has 0 atom stereocenters. The molecular weight excluding hydrogens is 192 g/mol. The van der Waals surface area contributed by atoms with Gasteiger partial charge in [-0.05, 0) is 12.8 Å². The van der Waals surface area contributed by atoms with Crippen LogP contribution in [0.15, 0.2) is 0 Å². The van der Waals surface area contributed by atoms with Crippen molar-refractivity contribution in [3.05, 3.63) is 0 Å². The molecule has 0 aromatic rings. The Morgan fingerprint density at radius 3 is 2.20 bits per heavy atom. The van der Waals surface area contributed by atoms with Gasteiger partial charge in [0.05, 0.1) is 0 Å². The first-order valence-electron chi connectivity index (χ1n) is 5.56. The fourth-order valence-electron chi connectivity index (χ4n) is 2.00. The zero-order chi connectivity index (χ0) is 11.4. The van der Waals surface area contributed by atoms with Crippen LogP contribution in [0.1, 0.15) is 26.7 Å². The van der Waals surface area contributed by atoms with Crippen LogP contribution in [0.4, 0.5) is 4.79 Å². The Labute approximate surface area is 91.0 Å². The largest absolute Gasteiger partial charge is 0.341 e. The summed E-state index contributed by atoms with van der Waals surface area (Å²) >= 11 is 0. The average Bonchev–Trinajstić information content (AvgIpc) is 2.27. The summed E-state index contributed by atoms with van der Waals surface area (Å²) in [6.07, 6.45) is 1.62. The first-order valence-corrected chi connectivity index (χ1v) is 5.56. The van der Waals surface area contributed by atoms with E-state index in [4.69, 9.17) is 0 Å². The predicted molar refractivity (Wildman–Crippen MR) is 58.6 cm³/mol. The Bertz CT molecular complexity index is 243. The van der Waals surface area contributed by atoms with Gasteiger partial charge in [-0.25, -0.2) is 4.79 Å². The molecule has 1 rings (SSSR count). The molecule has 1 aliphatic heterocycles. The number of rotatable bonds is 2. The van der Waals surface area contributed by atoms with Crippen LogP contribution in [0.3, 0.4) is 0 Å². The number of nitrogens with zero attached hydrogens (tertiary/aromatic N) is 1. The van der Waals surface area contributed by atoms with Crippen LogP contribution in [-0.2, 0) is 4.79 Å². The number of piperidine rings is 1. The van der Waals surface area contributed by atoms with Crippen molar-refractivity contribution in [3.63, 3.8) is 0 Å². The van der Waals surface area contributed by atoms with Crippen LogP contribution >= 0.6 is 0 Å². The zero-order valence-electron chi connectivity index (χ0n) is 9.75. The molecule has 4 heteroatoms. The van der Waals surface area contributed by atoms with E-state index in [1.807, 2.05) is 13.8 Å². The van der Waals surface area contributed by atoms with Gasteiger partial charge in [-0.3, -0.25) is 4.79 Å². The smallest absolute Gasteiger partial charge is 0.317 e. The third-order valence-corrected chi connectivity index (χ3v) is 2.97. The molecule has 0 aromatic heterocycles. The summed E-state index contributed by atoms with van der Waals surface area (Å²) in [6.45, 7) is 5.27. The first kappa shape index (κ1) is 12.0. The minimum atomic E-state index is -0.0366. The Morgan fingerprint density at radius 2 is 1.80 bits per heavy atom. The van der Waals surface area contributed by atoms with Crippen LogP contribution in [-0.4, -0.2) is 36.9 Å². The molecule has 0 saturated carbocycles. The maximum atomic E-state index is 11.7. The summed E-state index contributed by atoms with van der Waals surface area (Å²) in [5, 5.41) is 2.60. The van der Waals surface area contributed by atoms with Crippen LogP contribution in [0.5, 0.6) is 0 Å². The summed E-state index contributed by atoms with van der Waals surface area (Å²) in [5.41, 5.74) is 0. The maximum Gasteiger partial charge on any atom is 0.317 e. The molecule has 15 heavy (non-hydrogen) atoms. The highest BCUT2D eigenvalue weighted by molar-refractivity contribution is 5.83. The number of hydrogen-bond donors (Lipinski definition) is 1. The van der Waals surface area contributed by atoms with Crippen molar-refractivity contribution in [2.75, 3.05) is 20.1 Å². The SMILES string of the molecule is CNC(=O)N1CCC(C(=O)C(C)C)CC1. The van der Waals surface area contributed by atoms with Gasteiger partial charge in [-0.15, -0.1) is 0 Å². The normalized spacial score (nSPS) is 18.0. The van der Waals surface area contributed by atoms with E-state index >= 15 is 0 Å². The quantitative estimate of drug-likeness (QED) is 0.749. The van der Waals surface area contributed by atoms with Gasteiger partial charge >= 0.3 is 6.03 Å². The molecule has 1 N–H and O–H groups in total. The number of likely N-dealkylation sites (tertiary alicyclic amines) is 1. The van der Waals surface area contributed by atoms with Crippen molar-refractivity contribution in [1.29, 1.82) is 0 Å². The fraction of sp³-hybridized carbons (Fsp3) is 0.818. The van der Waals surface area contributed by atoms with Gasteiger partial charge < -0.3 is 10.2 Å². The maximum absolute atomic E-state index is 11.7. The Hall–Kier alpha value is -1.06. The molecule has 1 aliphatic rings. The van der Waals surface area contributed by atoms with Gasteiger partial charge in [0.25, 0.3) is 0 Å². The molecule has 1 saturated heterocycles. The van der Waals surface area contributed by atoms with Crippen LogP contribution < -0.4 is 5.32 Å². The topological polar surface area (TPSA) is 49.4 Å². The van der Waals surface area contributed by atoms with Gasteiger partial charge in [-0.1, -0.05) is 13.8 Å². The zero-order valence-corrected chi connectivity index (χ0v) is 9.75. The second-order valence-electron chi connectivity index (χ2n) is 4.37. The van der Waals surface area contributed by atoms with Gasteiger partial charge in [0.2, 0.25) is 0 Å². The lowest BCUT2D eigenvalue weighted by Gasteiger charge is -2.31. The van der Waals surface area contributed by atoms with Crippen molar-refractivity contribution in [2.24, 2.45) is 11.8 Å².